The molecule has 0 aliphatic heterocycles. The molecule has 0 bridgehead atoms. The summed E-state index contributed by atoms with van der Waals surface area (Å²) >= 11 is 0. The Morgan fingerprint density at radius 2 is 1.42 bits per heavy atom. The predicted molar refractivity (Wildman–Crippen MR) is 34.2 cm³/mol. The summed E-state index contributed by atoms with van der Waals surface area (Å²) < 4.78 is 49.6. The van der Waals surface area contributed by atoms with Gasteiger partial charge in [-0.15, -0.1) is 0 Å². The number of rotatable bonds is 1. The third-order valence-corrected chi connectivity index (χ3v) is 1.24. The van der Waals surface area contributed by atoms with Gasteiger partial charge in [0.1, 0.15) is 0 Å². The minimum absolute atomic E-state index is 0.679. The minimum atomic E-state index is -1.68. The molecule has 0 amide bonds. The van der Waals surface area contributed by atoms with Crippen molar-refractivity contribution in [2.45, 2.75) is 0 Å². The van der Waals surface area contributed by atoms with Gasteiger partial charge in [-0.3, -0.25) is 0 Å². The van der Waals surface area contributed by atoms with E-state index in [-0.39, 0.29) is 0 Å². The maximum absolute atomic E-state index is 12.5. The van der Waals surface area contributed by atoms with E-state index in [0.717, 1.165) is 0 Å². The molecule has 0 aromatic carbocycles. The number of hydrogen-bond acceptors (Lipinski definition) is 1. The highest BCUT2D eigenvalue weighted by Crippen LogP contribution is 2.16. The van der Waals surface area contributed by atoms with Crippen LogP contribution in [0, 0.1) is 23.5 Å². The molecule has 12 heavy (non-hydrogen) atoms. The van der Waals surface area contributed by atoms with Crippen LogP contribution in [0.4, 0.5) is 17.6 Å². The Kier molecular flexibility index (Phi) is 2.12. The zero-order chi connectivity index (χ0) is 9.30. The molecule has 0 spiro atoms. The summed E-state index contributed by atoms with van der Waals surface area (Å²) in [5.41, 5.74) is -0.847. The van der Waals surface area contributed by atoms with Gasteiger partial charge in [0.2, 0.25) is 0 Å². The van der Waals surface area contributed by atoms with Crippen molar-refractivity contribution in [3.8, 4) is 0 Å². The average molecular weight is 177 g/mol. The number of nitrogens with zero attached hydrogens (tertiary/aromatic N) is 1. The van der Waals surface area contributed by atoms with Gasteiger partial charge >= 0.3 is 0 Å². The fourth-order valence-electron chi connectivity index (χ4n) is 0.682. The molecule has 1 nitrogen and oxygen atoms in total. The summed E-state index contributed by atoms with van der Waals surface area (Å²) in [6.45, 7) is 2.99. The molecule has 1 aromatic rings. The number of hydrogen-bond donors (Lipinski definition) is 0. The quantitative estimate of drug-likeness (QED) is 0.473. The first kappa shape index (κ1) is 8.70. The Balaban J connectivity index is 3.52. The molecule has 5 heteroatoms. The van der Waals surface area contributed by atoms with E-state index >= 15 is 0 Å². The van der Waals surface area contributed by atoms with Gasteiger partial charge in [0, 0.05) is 0 Å². The van der Waals surface area contributed by atoms with Gasteiger partial charge in [0.25, 0.3) is 11.9 Å². The number of pyridine rings is 1. The zero-order valence-corrected chi connectivity index (χ0v) is 5.74. The van der Waals surface area contributed by atoms with Crippen LogP contribution in [0.1, 0.15) is 5.56 Å². The van der Waals surface area contributed by atoms with Crippen LogP contribution in [0.2, 0.25) is 0 Å². The fraction of sp³-hybridized carbons (Fsp3) is 0. The first-order chi connectivity index (χ1) is 5.57. The molecular formula is C7H3F4N. The molecule has 0 aliphatic carbocycles. The van der Waals surface area contributed by atoms with E-state index in [4.69, 9.17) is 0 Å². The van der Waals surface area contributed by atoms with Gasteiger partial charge in [-0.05, 0) is 0 Å². The van der Waals surface area contributed by atoms with Crippen molar-refractivity contribution in [1.29, 1.82) is 0 Å². The van der Waals surface area contributed by atoms with Gasteiger partial charge < -0.3 is 0 Å². The lowest BCUT2D eigenvalue weighted by Gasteiger charge is -1.99. The number of halogens is 4. The van der Waals surface area contributed by atoms with Crippen molar-refractivity contribution >= 4 is 6.08 Å². The molecule has 1 heterocycles. The maximum Gasteiger partial charge on any atom is 0.252 e. The first-order valence-electron chi connectivity index (χ1n) is 2.90. The highest BCUT2D eigenvalue weighted by atomic mass is 19.2. The van der Waals surface area contributed by atoms with Gasteiger partial charge in [0.05, 0.1) is 5.56 Å². The van der Waals surface area contributed by atoms with Crippen LogP contribution in [0.25, 0.3) is 6.08 Å². The SMILES string of the molecule is C=Cc1c(F)c(F)nc(F)c1F. The van der Waals surface area contributed by atoms with E-state index in [1.165, 1.54) is 0 Å². The van der Waals surface area contributed by atoms with E-state index in [1.807, 2.05) is 0 Å². The Morgan fingerprint density at radius 3 is 1.75 bits per heavy atom. The summed E-state index contributed by atoms with van der Waals surface area (Å²) in [5, 5.41) is 0. The summed E-state index contributed by atoms with van der Waals surface area (Å²) in [6, 6.07) is 0. The molecule has 0 fully saturated rings. The van der Waals surface area contributed by atoms with Crippen LogP contribution in [0.3, 0.4) is 0 Å². The molecule has 64 valence electrons. The summed E-state index contributed by atoms with van der Waals surface area (Å²) in [4.78, 5) is 2.35. The topological polar surface area (TPSA) is 12.9 Å². The van der Waals surface area contributed by atoms with Gasteiger partial charge in [-0.1, -0.05) is 12.7 Å². The highest BCUT2D eigenvalue weighted by molar-refractivity contribution is 5.47. The second kappa shape index (κ2) is 2.92. The number of aromatic nitrogens is 1. The normalized spacial score (nSPS) is 10.0. The molecule has 0 unspecified atom stereocenters. The molecule has 0 saturated carbocycles. The van der Waals surface area contributed by atoms with Crippen molar-refractivity contribution in [1.82, 2.24) is 4.98 Å². The van der Waals surface area contributed by atoms with Crippen molar-refractivity contribution in [2.24, 2.45) is 0 Å². The van der Waals surface area contributed by atoms with E-state index in [1.54, 1.807) is 0 Å². The summed E-state index contributed by atoms with van der Waals surface area (Å²) in [6.07, 6.45) is 0.679. The molecular weight excluding hydrogens is 174 g/mol. The molecule has 0 saturated heterocycles. The van der Waals surface area contributed by atoms with Crippen LogP contribution < -0.4 is 0 Å². The van der Waals surface area contributed by atoms with E-state index in [0.29, 0.717) is 6.08 Å². The minimum Gasteiger partial charge on any atom is -0.201 e. The third-order valence-electron chi connectivity index (χ3n) is 1.24. The highest BCUT2D eigenvalue weighted by Gasteiger charge is 2.17. The van der Waals surface area contributed by atoms with Crippen LogP contribution >= 0.6 is 0 Å². The largest absolute Gasteiger partial charge is 0.252 e. The van der Waals surface area contributed by atoms with E-state index in [9.17, 15) is 17.6 Å². The zero-order valence-electron chi connectivity index (χ0n) is 5.74. The Labute approximate surface area is 65.4 Å². The van der Waals surface area contributed by atoms with E-state index < -0.39 is 29.1 Å². The lowest BCUT2D eigenvalue weighted by Crippen LogP contribution is -2.02. The van der Waals surface area contributed by atoms with Crippen LogP contribution in [-0.4, -0.2) is 4.98 Å². The summed E-state index contributed by atoms with van der Waals surface area (Å²) in [5.74, 6) is -6.43. The van der Waals surface area contributed by atoms with Crippen LogP contribution in [-0.2, 0) is 0 Å². The summed E-state index contributed by atoms with van der Waals surface area (Å²) in [7, 11) is 0. The third kappa shape index (κ3) is 1.17. The van der Waals surface area contributed by atoms with Crippen molar-refractivity contribution in [2.75, 3.05) is 0 Å². The maximum atomic E-state index is 12.5. The Bertz CT molecular complexity index is 308. The van der Waals surface area contributed by atoms with Crippen LogP contribution in [0.15, 0.2) is 6.58 Å². The lowest BCUT2D eigenvalue weighted by atomic mass is 10.2. The van der Waals surface area contributed by atoms with Gasteiger partial charge in [-0.2, -0.15) is 13.8 Å². The molecule has 0 atom stereocenters. The lowest BCUT2D eigenvalue weighted by molar-refractivity contribution is 0.404. The van der Waals surface area contributed by atoms with E-state index in [2.05, 4.69) is 11.6 Å². The molecule has 1 aromatic heterocycles. The van der Waals surface area contributed by atoms with Crippen molar-refractivity contribution < 1.29 is 17.6 Å². The second-order valence-corrected chi connectivity index (χ2v) is 1.94. The molecule has 0 radical (unpaired) electrons. The molecule has 0 aliphatic rings. The monoisotopic (exact) mass is 177 g/mol. The fourth-order valence-corrected chi connectivity index (χ4v) is 0.682. The molecule has 0 N–H and O–H groups in total. The van der Waals surface area contributed by atoms with Gasteiger partial charge in [0.15, 0.2) is 11.6 Å². The van der Waals surface area contributed by atoms with Gasteiger partial charge in [-0.25, -0.2) is 8.78 Å². The Hall–Kier alpha value is -1.39. The first-order valence-corrected chi connectivity index (χ1v) is 2.90. The second-order valence-electron chi connectivity index (χ2n) is 1.94. The standard InChI is InChI=1S/C7H3F4N/c1-2-3-4(8)6(10)12-7(11)5(3)9/h2H,1H2. The van der Waals surface area contributed by atoms with Crippen LogP contribution in [0.5, 0.6) is 0 Å². The molecule has 1 rings (SSSR count). The Morgan fingerprint density at radius 1 is 1.00 bits per heavy atom. The average Bonchev–Trinajstić information content (AvgIpc) is 2.02. The predicted octanol–water partition coefficient (Wildman–Crippen LogP) is 2.28. The smallest absolute Gasteiger partial charge is 0.201 e. The van der Waals surface area contributed by atoms with Crippen molar-refractivity contribution in [3.63, 3.8) is 0 Å². The van der Waals surface area contributed by atoms with Crippen molar-refractivity contribution in [3.05, 3.63) is 35.7 Å².